The molecule has 0 spiro atoms. The number of hydrogen-bond donors (Lipinski definition) is 1. The molecule has 14 nitrogen and oxygen atoms in total. The number of hydrogen-bond acceptors (Lipinski definition) is 10. The Labute approximate surface area is 194 Å². The summed E-state index contributed by atoms with van der Waals surface area (Å²) < 4.78 is 38.3. The molecule has 0 atom stereocenters. The van der Waals surface area contributed by atoms with Gasteiger partial charge in [-0.15, -0.1) is 0 Å². The Morgan fingerprint density at radius 3 is 1.27 bits per heavy atom. The quantitative estimate of drug-likeness (QED) is 0.0843. The lowest BCUT2D eigenvalue weighted by atomic mass is 9.94. The topological polar surface area (TPSA) is 182 Å². The molecule has 0 unspecified atom stereocenters. The van der Waals surface area contributed by atoms with Crippen LogP contribution in [0.15, 0.2) is 10.2 Å². The van der Waals surface area contributed by atoms with Crippen LogP contribution in [0.2, 0.25) is 0 Å². The van der Waals surface area contributed by atoms with Crippen LogP contribution in [0.3, 0.4) is 0 Å². The van der Waals surface area contributed by atoms with Crippen molar-refractivity contribution in [1.82, 2.24) is 0 Å². The van der Waals surface area contributed by atoms with E-state index in [1.165, 1.54) is 0 Å². The predicted molar refractivity (Wildman–Crippen MR) is 119 cm³/mol. The van der Waals surface area contributed by atoms with Crippen molar-refractivity contribution in [3.8, 4) is 0 Å². The summed E-state index contributed by atoms with van der Waals surface area (Å²) in [6.07, 6.45) is 0. The van der Waals surface area contributed by atoms with Gasteiger partial charge in [0.2, 0.25) is 0 Å². The lowest BCUT2D eigenvalue weighted by Crippen LogP contribution is -2.35. The van der Waals surface area contributed by atoms with E-state index in [0.29, 0.717) is 99.0 Å². The molecule has 0 amide bonds. The summed E-state index contributed by atoms with van der Waals surface area (Å²) in [7, 11) is 0. The Balaban J connectivity index is 3.84. The molecule has 33 heavy (non-hydrogen) atoms. The Morgan fingerprint density at radius 1 is 0.576 bits per heavy atom. The molecule has 0 saturated heterocycles. The van der Waals surface area contributed by atoms with Gasteiger partial charge in [-0.3, -0.25) is 0 Å². The van der Waals surface area contributed by atoms with Crippen LogP contribution >= 0.6 is 0 Å². The molecular formula is C19H38N6O8. The van der Waals surface area contributed by atoms with Crippen molar-refractivity contribution < 1.29 is 38.3 Å². The van der Waals surface area contributed by atoms with E-state index >= 15 is 0 Å². The first-order valence-electron chi connectivity index (χ1n) is 10.9. The molecule has 0 rings (SSSR count). The fraction of sp³-hybridized carbons (Fsp3) is 1.00. The molecule has 0 aliphatic heterocycles. The summed E-state index contributed by atoms with van der Waals surface area (Å²) in [4.78, 5) is 5.28. The van der Waals surface area contributed by atoms with Crippen molar-refractivity contribution >= 4 is 0 Å². The summed E-state index contributed by atoms with van der Waals surface area (Å²) in [6, 6.07) is 0. The van der Waals surface area contributed by atoms with Crippen LogP contribution in [-0.4, -0.2) is 117 Å². The van der Waals surface area contributed by atoms with Crippen molar-refractivity contribution in [1.29, 1.82) is 0 Å². The molecule has 0 bridgehead atoms. The van der Waals surface area contributed by atoms with E-state index in [2.05, 4.69) is 20.1 Å². The molecule has 192 valence electrons. The van der Waals surface area contributed by atoms with Crippen molar-refractivity contribution in [2.24, 2.45) is 15.6 Å². The fourth-order valence-electron chi connectivity index (χ4n) is 2.33. The number of rotatable bonds is 26. The third kappa shape index (κ3) is 23.3. The van der Waals surface area contributed by atoms with Gasteiger partial charge in [0.25, 0.3) is 0 Å². The molecule has 0 aromatic carbocycles. The highest BCUT2D eigenvalue weighted by molar-refractivity contribution is 4.73. The van der Waals surface area contributed by atoms with E-state index in [1.54, 1.807) is 0 Å². The Morgan fingerprint density at radius 2 is 0.909 bits per heavy atom. The second-order valence-electron chi connectivity index (χ2n) is 7.05. The van der Waals surface area contributed by atoms with E-state index in [-0.39, 0.29) is 18.6 Å². The largest absolute Gasteiger partial charge is 0.394 e. The van der Waals surface area contributed by atoms with Gasteiger partial charge in [-0.25, -0.2) is 0 Å². The summed E-state index contributed by atoms with van der Waals surface area (Å²) >= 11 is 0. The lowest BCUT2D eigenvalue weighted by molar-refractivity contribution is -0.0792. The predicted octanol–water partition coefficient (Wildman–Crippen LogP) is 1.72. The smallest absolute Gasteiger partial charge is 0.0701 e. The first kappa shape index (κ1) is 31.3. The molecule has 1 N–H and O–H groups in total. The van der Waals surface area contributed by atoms with Gasteiger partial charge in [-0.1, -0.05) is 17.2 Å². The highest BCUT2D eigenvalue weighted by atomic mass is 16.6. The number of azide groups is 2. The Hall–Kier alpha value is -1.70. The minimum Gasteiger partial charge on any atom is -0.394 e. The summed E-state index contributed by atoms with van der Waals surface area (Å²) in [5.41, 5.74) is 15.9. The van der Waals surface area contributed by atoms with Gasteiger partial charge in [0.15, 0.2) is 0 Å². The van der Waals surface area contributed by atoms with Crippen LogP contribution in [0.25, 0.3) is 20.9 Å². The van der Waals surface area contributed by atoms with E-state index in [9.17, 15) is 0 Å². The summed E-state index contributed by atoms with van der Waals surface area (Å²) in [5.74, 6) is 0. The minimum atomic E-state index is -0.385. The van der Waals surface area contributed by atoms with E-state index in [1.807, 2.05) is 6.92 Å². The Bertz CT molecular complexity index is 494. The van der Waals surface area contributed by atoms with Gasteiger partial charge in [0.1, 0.15) is 0 Å². The molecule has 0 aliphatic carbocycles. The zero-order valence-electron chi connectivity index (χ0n) is 19.5. The van der Waals surface area contributed by atoms with Crippen LogP contribution in [0.4, 0.5) is 0 Å². The molecule has 0 aromatic heterocycles. The maximum Gasteiger partial charge on any atom is 0.0701 e. The molecule has 0 aromatic rings. The summed E-state index contributed by atoms with van der Waals surface area (Å²) in [6.45, 7) is 8.11. The van der Waals surface area contributed by atoms with Crippen LogP contribution in [-0.2, 0) is 33.2 Å². The van der Waals surface area contributed by atoms with Crippen molar-refractivity contribution in [3.63, 3.8) is 0 Å². The molecule has 0 aliphatic rings. The first-order chi connectivity index (χ1) is 16.2. The second kappa shape index (κ2) is 24.9. The SMILES string of the molecule is CC(COCCO)(COCCOCCOCCN=[N+]=[N-])COCCOCCOCCN=[N+]=[N-]. The van der Waals surface area contributed by atoms with Gasteiger partial charge in [0.05, 0.1) is 99.1 Å². The minimum absolute atomic E-state index is 0.0463. The number of aliphatic hydroxyl groups excluding tert-OH is 1. The van der Waals surface area contributed by atoms with E-state index < -0.39 is 0 Å². The van der Waals surface area contributed by atoms with Crippen LogP contribution in [0.5, 0.6) is 0 Å². The standard InChI is InChI=1S/C19H38N6O8/c1-19(16-31-7-4-26,17-32-14-12-29-10-8-27-5-2-22-24-20)18-33-15-13-30-11-9-28-6-3-23-25-21/h26H,2-18H2,1H3. The summed E-state index contributed by atoms with van der Waals surface area (Å²) in [5, 5.41) is 15.7. The fourth-order valence-corrected chi connectivity index (χ4v) is 2.33. The van der Waals surface area contributed by atoms with Gasteiger partial charge in [0, 0.05) is 28.3 Å². The zero-order chi connectivity index (χ0) is 24.3. The van der Waals surface area contributed by atoms with Crippen LogP contribution < -0.4 is 0 Å². The zero-order valence-corrected chi connectivity index (χ0v) is 19.5. The Kier molecular flexibility index (Phi) is 23.6. The number of aliphatic hydroxyl groups is 1. The van der Waals surface area contributed by atoms with Crippen molar-refractivity contribution in [2.75, 3.05) is 112 Å². The van der Waals surface area contributed by atoms with Crippen molar-refractivity contribution in [2.45, 2.75) is 6.92 Å². The molecular weight excluding hydrogens is 440 g/mol. The maximum absolute atomic E-state index is 8.93. The first-order valence-corrected chi connectivity index (χ1v) is 10.9. The normalized spacial score (nSPS) is 12.7. The van der Waals surface area contributed by atoms with E-state index in [0.717, 1.165) is 0 Å². The van der Waals surface area contributed by atoms with Gasteiger partial charge in [-0.2, -0.15) is 0 Å². The van der Waals surface area contributed by atoms with Gasteiger partial charge in [-0.05, 0) is 11.1 Å². The lowest BCUT2D eigenvalue weighted by Gasteiger charge is -2.29. The number of nitrogens with zero attached hydrogens (tertiary/aromatic N) is 6. The number of ether oxygens (including phenoxy) is 7. The third-order valence-corrected chi connectivity index (χ3v) is 3.87. The highest BCUT2D eigenvalue weighted by Gasteiger charge is 2.26. The third-order valence-electron chi connectivity index (χ3n) is 3.87. The van der Waals surface area contributed by atoms with Crippen LogP contribution in [0, 0.1) is 5.41 Å². The molecule has 0 saturated carbocycles. The highest BCUT2D eigenvalue weighted by Crippen LogP contribution is 2.18. The molecule has 14 heteroatoms. The van der Waals surface area contributed by atoms with Crippen LogP contribution in [0.1, 0.15) is 6.92 Å². The second-order valence-corrected chi connectivity index (χ2v) is 7.05. The van der Waals surface area contributed by atoms with Crippen molar-refractivity contribution in [3.05, 3.63) is 20.9 Å². The molecule has 0 fully saturated rings. The average Bonchev–Trinajstić information content (AvgIpc) is 2.81. The van der Waals surface area contributed by atoms with Gasteiger partial charge < -0.3 is 38.3 Å². The van der Waals surface area contributed by atoms with E-state index in [4.69, 9.17) is 49.3 Å². The molecule has 0 heterocycles. The molecule has 0 radical (unpaired) electrons. The van der Waals surface area contributed by atoms with Gasteiger partial charge >= 0.3 is 0 Å². The average molecular weight is 479 g/mol. The maximum atomic E-state index is 8.93. The monoisotopic (exact) mass is 478 g/mol.